The summed E-state index contributed by atoms with van der Waals surface area (Å²) in [5.41, 5.74) is 3.13. The number of halogens is 3. The van der Waals surface area contributed by atoms with Crippen molar-refractivity contribution in [3.8, 4) is 11.3 Å². The van der Waals surface area contributed by atoms with Gasteiger partial charge in [-0.25, -0.2) is 4.98 Å². The van der Waals surface area contributed by atoms with Crippen LogP contribution in [-0.4, -0.2) is 20.7 Å². The molecule has 4 rings (SSSR count). The Hall–Kier alpha value is -3.68. The van der Waals surface area contributed by atoms with Crippen molar-refractivity contribution >= 4 is 22.5 Å². The molecule has 4 aromatic rings. The molecule has 0 bridgehead atoms. The second-order valence-electron chi connectivity index (χ2n) is 6.93. The summed E-state index contributed by atoms with van der Waals surface area (Å²) in [6, 6.07) is 13.9. The molecule has 0 aliphatic rings. The van der Waals surface area contributed by atoms with Crippen LogP contribution in [-0.2, 0) is 13.2 Å². The number of benzene rings is 2. The van der Waals surface area contributed by atoms with Gasteiger partial charge in [0.25, 0.3) is 5.91 Å². The molecule has 0 fully saturated rings. The van der Waals surface area contributed by atoms with Crippen LogP contribution in [0.3, 0.4) is 0 Å². The lowest BCUT2D eigenvalue weighted by molar-refractivity contribution is -0.137. The van der Waals surface area contributed by atoms with Gasteiger partial charge in [0.1, 0.15) is 5.69 Å². The normalized spacial score (nSPS) is 11.6. The van der Waals surface area contributed by atoms with Crippen LogP contribution < -0.4 is 5.32 Å². The van der Waals surface area contributed by atoms with Gasteiger partial charge in [-0.1, -0.05) is 12.1 Å². The molecule has 0 aliphatic carbocycles. The van der Waals surface area contributed by atoms with E-state index in [1.807, 2.05) is 19.1 Å². The molecule has 0 spiro atoms. The second kappa shape index (κ2) is 7.29. The molecule has 1 amide bonds. The van der Waals surface area contributed by atoms with E-state index in [1.165, 1.54) is 10.7 Å². The van der Waals surface area contributed by atoms with Crippen LogP contribution >= 0.6 is 0 Å². The van der Waals surface area contributed by atoms with Gasteiger partial charge in [-0.3, -0.25) is 9.48 Å². The van der Waals surface area contributed by atoms with E-state index in [1.54, 1.807) is 37.5 Å². The fraction of sp³-hybridized carbons (Fsp3) is 0.136. The smallest absolute Gasteiger partial charge is 0.320 e. The van der Waals surface area contributed by atoms with Gasteiger partial charge in [0.15, 0.2) is 0 Å². The lowest BCUT2D eigenvalue weighted by atomic mass is 10.0. The van der Waals surface area contributed by atoms with Gasteiger partial charge in [0.05, 0.1) is 16.8 Å². The first-order valence-electron chi connectivity index (χ1n) is 9.11. The highest BCUT2D eigenvalue weighted by molar-refractivity contribution is 6.03. The van der Waals surface area contributed by atoms with Gasteiger partial charge >= 0.3 is 6.18 Å². The second-order valence-corrected chi connectivity index (χ2v) is 6.93. The first-order chi connectivity index (χ1) is 14.2. The molecule has 2 aromatic heterocycles. The summed E-state index contributed by atoms with van der Waals surface area (Å²) in [5, 5.41) is 7.26. The molecular weight excluding hydrogens is 393 g/mol. The number of fused-ring (bicyclic) bond motifs is 1. The van der Waals surface area contributed by atoms with Crippen molar-refractivity contribution in [3.05, 3.63) is 77.6 Å². The van der Waals surface area contributed by atoms with Gasteiger partial charge in [0.2, 0.25) is 0 Å². The van der Waals surface area contributed by atoms with Crippen molar-refractivity contribution in [2.45, 2.75) is 13.1 Å². The Balaban J connectivity index is 1.61. The Morgan fingerprint density at radius 3 is 2.50 bits per heavy atom. The SMILES string of the molecule is Cc1cc(-c2ccc3cc(C(F)(F)F)ccc3n2)ccc1NC(=O)c1ccnn1C. The predicted octanol–water partition coefficient (Wildman–Crippen LogP) is 5.21. The molecule has 0 unspecified atom stereocenters. The van der Waals surface area contributed by atoms with Crippen molar-refractivity contribution in [1.82, 2.24) is 14.8 Å². The van der Waals surface area contributed by atoms with E-state index in [2.05, 4.69) is 15.4 Å². The third kappa shape index (κ3) is 3.76. The number of pyridine rings is 1. The van der Waals surface area contributed by atoms with Crippen molar-refractivity contribution in [2.75, 3.05) is 5.32 Å². The molecule has 0 radical (unpaired) electrons. The first-order valence-corrected chi connectivity index (χ1v) is 9.11. The molecule has 2 aromatic carbocycles. The van der Waals surface area contributed by atoms with Crippen molar-refractivity contribution in [3.63, 3.8) is 0 Å². The highest BCUT2D eigenvalue weighted by Crippen LogP contribution is 2.32. The number of rotatable bonds is 3. The Bertz CT molecular complexity index is 1260. The largest absolute Gasteiger partial charge is 0.416 e. The molecule has 2 heterocycles. The topological polar surface area (TPSA) is 59.8 Å². The third-order valence-electron chi connectivity index (χ3n) is 4.84. The van der Waals surface area contributed by atoms with E-state index >= 15 is 0 Å². The van der Waals surface area contributed by atoms with Crippen LogP contribution in [0.2, 0.25) is 0 Å². The molecular formula is C22H17F3N4O. The summed E-state index contributed by atoms with van der Waals surface area (Å²) in [5.74, 6) is -0.268. The monoisotopic (exact) mass is 410 g/mol. The minimum atomic E-state index is -4.39. The molecule has 0 atom stereocenters. The molecule has 30 heavy (non-hydrogen) atoms. The van der Waals surface area contributed by atoms with Gasteiger partial charge < -0.3 is 5.32 Å². The molecule has 8 heteroatoms. The van der Waals surface area contributed by atoms with Crippen LogP contribution in [0.25, 0.3) is 22.2 Å². The molecule has 0 saturated carbocycles. The number of nitrogens with zero attached hydrogens (tertiary/aromatic N) is 3. The Morgan fingerprint density at radius 1 is 1.03 bits per heavy atom. The minimum absolute atomic E-state index is 0.268. The lowest BCUT2D eigenvalue weighted by Crippen LogP contribution is -2.16. The summed E-state index contributed by atoms with van der Waals surface area (Å²) in [4.78, 5) is 16.9. The average molecular weight is 410 g/mol. The number of alkyl halides is 3. The van der Waals surface area contributed by atoms with Crippen molar-refractivity contribution < 1.29 is 18.0 Å². The van der Waals surface area contributed by atoms with Crippen LogP contribution in [0.15, 0.2) is 60.8 Å². The zero-order chi connectivity index (χ0) is 21.5. The van der Waals surface area contributed by atoms with Gasteiger partial charge in [-0.15, -0.1) is 0 Å². The maximum Gasteiger partial charge on any atom is 0.416 e. The standard InChI is InChI=1S/C22H17F3N4O/c1-13-11-14(3-6-17(13)28-21(30)20-9-10-26-29(20)2)18-7-4-15-12-16(22(23,24)25)5-8-19(15)27-18/h3-12H,1-2H3,(H,28,30). The van der Waals surface area contributed by atoms with E-state index in [0.29, 0.717) is 28.0 Å². The number of anilines is 1. The summed E-state index contributed by atoms with van der Waals surface area (Å²) in [7, 11) is 1.69. The van der Waals surface area contributed by atoms with E-state index < -0.39 is 11.7 Å². The highest BCUT2D eigenvalue weighted by Gasteiger charge is 2.30. The van der Waals surface area contributed by atoms with Crippen LogP contribution in [0, 0.1) is 6.92 Å². The maximum absolute atomic E-state index is 12.9. The third-order valence-corrected chi connectivity index (χ3v) is 4.84. The van der Waals surface area contributed by atoms with Crippen molar-refractivity contribution in [2.24, 2.45) is 7.05 Å². The molecule has 0 saturated heterocycles. The first kappa shape index (κ1) is 19.6. The Morgan fingerprint density at radius 2 is 1.83 bits per heavy atom. The van der Waals surface area contributed by atoms with Crippen LogP contribution in [0.4, 0.5) is 18.9 Å². The molecule has 1 N–H and O–H groups in total. The summed E-state index contributed by atoms with van der Waals surface area (Å²) in [6.07, 6.45) is -2.84. The number of amides is 1. The number of nitrogens with one attached hydrogen (secondary N) is 1. The summed E-state index contributed by atoms with van der Waals surface area (Å²) < 4.78 is 40.2. The zero-order valence-corrected chi connectivity index (χ0v) is 16.2. The van der Waals surface area contributed by atoms with Gasteiger partial charge in [0, 0.05) is 29.9 Å². The predicted molar refractivity (Wildman–Crippen MR) is 108 cm³/mol. The number of hydrogen-bond donors (Lipinski definition) is 1. The fourth-order valence-corrected chi connectivity index (χ4v) is 3.21. The number of aryl methyl sites for hydroxylation is 2. The quantitative estimate of drug-likeness (QED) is 0.504. The van der Waals surface area contributed by atoms with Gasteiger partial charge in [-0.2, -0.15) is 18.3 Å². The molecule has 152 valence electrons. The maximum atomic E-state index is 12.9. The lowest BCUT2D eigenvalue weighted by Gasteiger charge is -2.11. The van der Waals surface area contributed by atoms with Crippen molar-refractivity contribution in [1.29, 1.82) is 0 Å². The van der Waals surface area contributed by atoms with Gasteiger partial charge in [-0.05, 0) is 55.0 Å². The average Bonchev–Trinajstić information content (AvgIpc) is 3.14. The zero-order valence-electron chi connectivity index (χ0n) is 16.2. The Labute approximate surface area is 170 Å². The number of aromatic nitrogens is 3. The number of hydrogen-bond acceptors (Lipinski definition) is 3. The number of carbonyl (C=O) groups excluding carboxylic acids is 1. The Kier molecular flexibility index (Phi) is 4.77. The summed E-state index contributed by atoms with van der Waals surface area (Å²) >= 11 is 0. The van der Waals surface area contributed by atoms with E-state index in [-0.39, 0.29) is 5.91 Å². The van der Waals surface area contributed by atoms with E-state index in [0.717, 1.165) is 23.3 Å². The van der Waals surface area contributed by atoms with Crippen LogP contribution in [0.5, 0.6) is 0 Å². The van der Waals surface area contributed by atoms with E-state index in [4.69, 9.17) is 0 Å². The summed E-state index contributed by atoms with van der Waals surface area (Å²) in [6.45, 7) is 1.86. The highest BCUT2D eigenvalue weighted by atomic mass is 19.4. The van der Waals surface area contributed by atoms with Crippen LogP contribution in [0.1, 0.15) is 21.6 Å². The fourth-order valence-electron chi connectivity index (χ4n) is 3.21. The number of carbonyl (C=O) groups is 1. The molecule has 5 nitrogen and oxygen atoms in total. The van der Waals surface area contributed by atoms with E-state index in [9.17, 15) is 18.0 Å². The molecule has 0 aliphatic heterocycles. The minimum Gasteiger partial charge on any atom is -0.320 e.